The van der Waals surface area contributed by atoms with Gasteiger partial charge in [-0.3, -0.25) is 4.79 Å². The molecule has 21 heavy (non-hydrogen) atoms. The van der Waals surface area contributed by atoms with E-state index in [1.807, 2.05) is 0 Å². The van der Waals surface area contributed by atoms with E-state index in [2.05, 4.69) is 0 Å². The maximum atomic E-state index is 13.1. The van der Waals surface area contributed by atoms with E-state index in [0.29, 0.717) is 6.54 Å². The van der Waals surface area contributed by atoms with E-state index in [1.54, 1.807) is 36.2 Å². The van der Waals surface area contributed by atoms with Crippen LogP contribution < -0.4 is 0 Å². The minimum absolute atomic E-state index is 0.0516. The Bertz CT molecular complexity index is 562. The fourth-order valence-electron chi connectivity index (χ4n) is 2.20. The van der Waals surface area contributed by atoms with Gasteiger partial charge in [0.1, 0.15) is 11.6 Å². The number of hydrogen-bond donors (Lipinski definition) is 0. The van der Waals surface area contributed by atoms with E-state index in [4.69, 9.17) is 0 Å². The Hall–Kier alpha value is -2.23. The topological polar surface area (TPSA) is 20.3 Å². The van der Waals surface area contributed by atoms with Crippen LogP contribution in [0.25, 0.3) is 0 Å². The Kier molecular flexibility index (Phi) is 4.68. The van der Waals surface area contributed by atoms with Gasteiger partial charge in [-0.25, -0.2) is 8.78 Å². The highest BCUT2D eigenvalue weighted by Gasteiger charge is 2.18. The first-order chi connectivity index (χ1) is 9.97. The quantitative estimate of drug-likeness (QED) is 0.842. The molecule has 0 aromatic heterocycles. The summed E-state index contributed by atoms with van der Waals surface area (Å²) in [5, 5.41) is 0. The zero-order chi connectivity index (χ0) is 15.4. The number of likely N-dealkylation sites (N-methyl/N-ethyl adjacent to an activating group) is 1. The SMILES string of the molecule is CC(=O)N(C)CC(c1ccc(F)cc1)c1ccc(F)cc1. The lowest BCUT2D eigenvalue weighted by Gasteiger charge is -2.24. The summed E-state index contributed by atoms with van der Waals surface area (Å²) < 4.78 is 26.2. The molecule has 0 aliphatic carbocycles. The van der Waals surface area contributed by atoms with Crippen molar-refractivity contribution in [2.45, 2.75) is 12.8 Å². The molecule has 0 spiro atoms. The van der Waals surface area contributed by atoms with E-state index >= 15 is 0 Å². The molecule has 0 N–H and O–H groups in total. The molecule has 2 aromatic rings. The molecule has 0 saturated carbocycles. The number of carbonyl (C=O) groups is 1. The molecule has 0 radical (unpaired) electrons. The van der Waals surface area contributed by atoms with E-state index in [1.165, 1.54) is 31.2 Å². The summed E-state index contributed by atoms with van der Waals surface area (Å²) in [5.74, 6) is -0.794. The molecular formula is C17H17F2NO. The zero-order valence-electron chi connectivity index (χ0n) is 12.0. The molecule has 2 aromatic carbocycles. The molecule has 2 rings (SSSR count). The van der Waals surface area contributed by atoms with Gasteiger partial charge in [0.2, 0.25) is 5.91 Å². The molecule has 0 unspecified atom stereocenters. The third-order valence-corrected chi connectivity index (χ3v) is 3.54. The fraction of sp³-hybridized carbons (Fsp3) is 0.235. The summed E-state index contributed by atoms with van der Waals surface area (Å²) in [7, 11) is 1.71. The van der Waals surface area contributed by atoms with Gasteiger partial charge >= 0.3 is 0 Å². The summed E-state index contributed by atoms with van der Waals surface area (Å²) in [5.41, 5.74) is 1.77. The van der Waals surface area contributed by atoms with Crippen molar-refractivity contribution in [3.63, 3.8) is 0 Å². The normalized spacial score (nSPS) is 10.7. The zero-order valence-corrected chi connectivity index (χ0v) is 12.0. The van der Waals surface area contributed by atoms with E-state index < -0.39 is 0 Å². The van der Waals surface area contributed by atoms with Gasteiger partial charge in [-0.05, 0) is 35.4 Å². The lowest BCUT2D eigenvalue weighted by Crippen LogP contribution is -2.29. The molecule has 2 nitrogen and oxygen atoms in total. The van der Waals surface area contributed by atoms with E-state index in [-0.39, 0.29) is 23.5 Å². The Balaban J connectivity index is 2.36. The van der Waals surface area contributed by atoms with Crippen LogP contribution in [0.5, 0.6) is 0 Å². The maximum Gasteiger partial charge on any atom is 0.219 e. The third-order valence-electron chi connectivity index (χ3n) is 3.54. The minimum Gasteiger partial charge on any atom is -0.345 e. The summed E-state index contributed by atoms with van der Waals surface area (Å²) in [6.07, 6.45) is 0. The fourth-order valence-corrected chi connectivity index (χ4v) is 2.20. The van der Waals surface area contributed by atoms with Crippen molar-refractivity contribution >= 4 is 5.91 Å². The average molecular weight is 289 g/mol. The second-order valence-electron chi connectivity index (χ2n) is 5.06. The average Bonchev–Trinajstić information content (AvgIpc) is 2.46. The predicted molar refractivity (Wildman–Crippen MR) is 78.0 cm³/mol. The minimum atomic E-state index is -0.309. The van der Waals surface area contributed by atoms with Crippen LogP contribution in [-0.4, -0.2) is 24.4 Å². The highest BCUT2D eigenvalue weighted by Crippen LogP contribution is 2.26. The van der Waals surface area contributed by atoms with Gasteiger partial charge in [0, 0.05) is 26.4 Å². The molecule has 0 fully saturated rings. The van der Waals surface area contributed by atoms with Gasteiger partial charge in [0.25, 0.3) is 0 Å². The number of hydrogen-bond acceptors (Lipinski definition) is 1. The van der Waals surface area contributed by atoms with E-state index in [9.17, 15) is 13.6 Å². The molecule has 0 aliphatic heterocycles. The lowest BCUT2D eigenvalue weighted by atomic mass is 9.91. The molecule has 0 atom stereocenters. The number of carbonyl (C=O) groups excluding carboxylic acids is 1. The van der Waals surface area contributed by atoms with Crippen molar-refractivity contribution < 1.29 is 13.6 Å². The molecule has 0 heterocycles. The molecule has 0 bridgehead atoms. The van der Waals surface area contributed by atoms with Gasteiger partial charge in [0.15, 0.2) is 0 Å². The van der Waals surface area contributed by atoms with Crippen molar-refractivity contribution in [1.82, 2.24) is 4.90 Å². The Morgan fingerprint density at radius 3 is 1.67 bits per heavy atom. The second-order valence-corrected chi connectivity index (χ2v) is 5.06. The van der Waals surface area contributed by atoms with Gasteiger partial charge in [-0.2, -0.15) is 0 Å². The van der Waals surface area contributed by atoms with Crippen molar-refractivity contribution in [3.8, 4) is 0 Å². The van der Waals surface area contributed by atoms with Crippen LogP contribution >= 0.6 is 0 Å². The Morgan fingerprint density at radius 2 is 1.33 bits per heavy atom. The van der Waals surface area contributed by atoms with Crippen molar-refractivity contribution in [3.05, 3.63) is 71.3 Å². The van der Waals surface area contributed by atoms with Gasteiger partial charge in [0.05, 0.1) is 0 Å². The summed E-state index contributed by atoms with van der Waals surface area (Å²) >= 11 is 0. The van der Waals surface area contributed by atoms with Crippen molar-refractivity contribution in [1.29, 1.82) is 0 Å². The number of nitrogens with zero attached hydrogens (tertiary/aromatic N) is 1. The van der Waals surface area contributed by atoms with Crippen LogP contribution in [0.3, 0.4) is 0 Å². The molecule has 0 aliphatic rings. The van der Waals surface area contributed by atoms with Crippen LogP contribution in [0, 0.1) is 11.6 Å². The molecule has 110 valence electrons. The number of halogens is 2. The van der Waals surface area contributed by atoms with Crippen LogP contribution in [0.4, 0.5) is 8.78 Å². The lowest BCUT2D eigenvalue weighted by molar-refractivity contribution is -0.127. The van der Waals surface area contributed by atoms with Crippen LogP contribution in [0.2, 0.25) is 0 Å². The van der Waals surface area contributed by atoms with Gasteiger partial charge in [-0.1, -0.05) is 24.3 Å². The third kappa shape index (κ3) is 3.88. The smallest absolute Gasteiger partial charge is 0.219 e. The molecule has 1 amide bonds. The molecule has 0 saturated heterocycles. The van der Waals surface area contributed by atoms with Gasteiger partial charge in [-0.15, -0.1) is 0 Å². The predicted octanol–water partition coefficient (Wildman–Crippen LogP) is 3.58. The number of rotatable bonds is 4. The number of amides is 1. The first kappa shape index (κ1) is 15.2. The van der Waals surface area contributed by atoms with Crippen LogP contribution in [-0.2, 0) is 4.79 Å². The second kappa shape index (κ2) is 6.48. The summed E-state index contributed by atoms with van der Waals surface area (Å²) in [6, 6.07) is 12.3. The monoisotopic (exact) mass is 289 g/mol. The van der Waals surface area contributed by atoms with Crippen molar-refractivity contribution in [2.75, 3.05) is 13.6 Å². The van der Waals surface area contributed by atoms with Crippen LogP contribution in [0.1, 0.15) is 24.0 Å². The molecule has 4 heteroatoms. The maximum absolute atomic E-state index is 13.1. The number of benzene rings is 2. The van der Waals surface area contributed by atoms with Crippen molar-refractivity contribution in [2.24, 2.45) is 0 Å². The largest absolute Gasteiger partial charge is 0.345 e. The first-order valence-corrected chi connectivity index (χ1v) is 6.70. The van der Waals surface area contributed by atoms with Crippen LogP contribution in [0.15, 0.2) is 48.5 Å². The Morgan fingerprint density at radius 1 is 0.952 bits per heavy atom. The highest BCUT2D eigenvalue weighted by atomic mass is 19.1. The standard InChI is InChI=1S/C17H17F2NO/c1-12(21)20(2)11-17(13-3-7-15(18)8-4-13)14-5-9-16(19)10-6-14/h3-10,17H,11H2,1-2H3. The summed E-state index contributed by atoms with van der Waals surface area (Å²) in [4.78, 5) is 13.1. The molecular weight excluding hydrogens is 272 g/mol. The highest BCUT2D eigenvalue weighted by molar-refractivity contribution is 5.73. The summed E-state index contributed by atoms with van der Waals surface area (Å²) in [6.45, 7) is 1.94. The van der Waals surface area contributed by atoms with Gasteiger partial charge < -0.3 is 4.90 Å². The van der Waals surface area contributed by atoms with E-state index in [0.717, 1.165) is 11.1 Å². The Labute approximate surface area is 123 Å². The first-order valence-electron chi connectivity index (χ1n) is 6.70.